The Kier molecular flexibility index (Phi) is 5.13. The Balaban J connectivity index is 4.13. The molecule has 3 nitrogen and oxygen atoms in total. The highest BCUT2D eigenvalue weighted by atomic mass is 35.5. The molecule has 0 spiro atoms. The van der Waals surface area contributed by atoms with Crippen molar-refractivity contribution in [2.45, 2.75) is 20.3 Å². The number of alkyl halides is 1. The first kappa shape index (κ1) is 12.2. The summed E-state index contributed by atoms with van der Waals surface area (Å²) in [6.07, 6.45) is 0.974. The fraction of sp³-hybridized carbons (Fsp3) is 1.00. The van der Waals surface area contributed by atoms with Gasteiger partial charge in [-0.2, -0.15) is 0 Å². The van der Waals surface area contributed by atoms with E-state index < -0.39 is 10.0 Å². The molecule has 1 atom stereocenters. The van der Waals surface area contributed by atoms with Crippen molar-refractivity contribution in [3.05, 3.63) is 0 Å². The lowest BCUT2D eigenvalue weighted by molar-refractivity contribution is 0.395. The molecule has 0 N–H and O–H groups in total. The molecule has 0 aliphatic rings. The fourth-order valence-corrected chi connectivity index (χ4v) is 1.91. The third-order valence-electron chi connectivity index (χ3n) is 1.88. The second-order valence-electron chi connectivity index (χ2n) is 3.01. The molecule has 0 heterocycles. The van der Waals surface area contributed by atoms with Gasteiger partial charge < -0.3 is 0 Å². The van der Waals surface area contributed by atoms with Crippen LogP contribution in [0.2, 0.25) is 0 Å². The molecule has 0 saturated heterocycles. The maximum Gasteiger partial charge on any atom is 0.227 e. The van der Waals surface area contributed by atoms with E-state index in [0.29, 0.717) is 12.5 Å². The molecule has 0 saturated carbocycles. The molecule has 0 amide bonds. The second-order valence-corrected chi connectivity index (χ2v) is 5.67. The van der Waals surface area contributed by atoms with Crippen LogP contribution in [0.25, 0.3) is 0 Å². The van der Waals surface area contributed by atoms with Gasteiger partial charge in [0.05, 0.1) is 0 Å². The minimum absolute atomic E-state index is 0.333. The molecular weight excluding hydrogens is 198 g/mol. The van der Waals surface area contributed by atoms with E-state index in [1.54, 1.807) is 7.05 Å². The molecular formula is C7H16ClNO2S. The van der Waals surface area contributed by atoms with Crippen LogP contribution in [0.5, 0.6) is 0 Å². The quantitative estimate of drug-likeness (QED) is 0.649. The fourth-order valence-electron chi connectivity index (χ4n) is 0.765. The van der Waals surface area contributed by atoms with E-state index in [-0.39, 0.29) is 5.21 Å². The van der Waals surface area contributed by atoms with Gasteiger partial charge in [-0.15, -0.1) is 11.6 Å². The number of hydrogen-bond acceptors (Lipinski definition) is 2. The first-order chi connectivity index (χ1) is 5.44. The highest BCUT2D eigenvalue weighted by molar-refractivity contribution is 7.90. The van der Waals surface area contributed by atoms with Crippen molar-refractivity contribution in [1.29, 1.82) is 0 Å². The Morgan fingerprint density at radius 1 is 1.50 bits per heavy atom. The van der Waals surface area contributed by atoms with Crippen molar-refractivity contribution < 1.29 is 8.42 Å². The summed E-state index contributed by atoms with van der Waals surface area (Å²) in [5.41, 5.74) is 0. The average Bonchev–Trinajstić information content (AvgIpc) is 2.04. The zero-order valence-corrected chi connectivity index (χ0v) is 9.32. The van der Waals surface area contributed by atoms with Crippen LogP contribution in [0.1, 0.15) is 20.3 Å². The maximum atomic E-state index is 11.1. The lowest BCUT2D eigenvalue weighted by Crippen LogP contribution is -2.31. The van der Waals surface area contributed by atoms with Gasteiger partial charge in [-0.25, -0.2) is 12.7 Å². The van der Waals surface area contributed by atoms with E-state index in [2.05, 4.69) is 0 Å². The summed E-state index contributed by atoms with van der Waals surface area (Å²) < 4.78 is 23.6. The van der Waals surface area contributed by atoms with Gasteiger partial charge in [0.25, 0.3) is 0 Å². The molecule has 0 aliphatic heterocycles. The monoisotopic (exact) mass is 213 g/mol. The zero-order valence-electron chi connectivity index (χ0n) is 7.75. The summed E-state index contributed by atoms with van der Waals surface area (Å²) >= 11 is 5.29. The number of nitrogens with zero attached hydrogens (tertiary/aromatic N) is 1. The summed E-state index contributed by atoms with van der Waals surface area (Å²) in [5.74, 6) is 0.382. The van der Waals surface area contributed by atoms with Crippen LogP contribution in [-0.2, 0) is 10.0 Å². The van der Waals surface area contributed by atoms with Gasteiger partial charge in [0.15, 0.2) is 0 Å². The first-order valence-corrected chi connectivity index (χ1v) is 6.08. The summed E-state index contributed by atoms with van der Waals surface area (Å²) in [5, 5.41) is -0.333. The number of rotatable bonds is 5. The molecule has 1 unspecified atom stereocenters. The lowest BCUT2D eigenvalue weighted by Gasteiger charge is -2.18. The smallest absolute Gasteiger partial charge is 0.211 e. The lowest BCUT2D eigenvalue weighted by atomic mass is 10.1. The SMILES string of the molecule is CCC(C)CN(C)S(=O)(=O)CCl. The number of sulfonamides is 1. The Labute approximate surface area is 79.8 Å². The van der Waals surface area contributed by atoms with Gasteiger partial charge in [-0.3, -0.25) is 0 Å². The predicted molar refractivity (Wildman–Crippen MR) is 51.7 cm³/mol. The molecule has 0 aromatic rings. The van der Waals surface area contributed by atoms with Gasteiger partial charge in [-0.1, -0.05) is 20.3 Å². The highest BCUT2D eigenvalue weighted by Gasteiger charge is 2.17. The largest absolute Gasteiger partial charge is 0.227 e. The third kappa shape index (κ3) is 3.74. The van der Waals surface area contributed by atoms with Crippen LogP contribution in [0, 0.1) is 5.92 Å². The van der Waals surface area contributed by atoms with Gasteiger partial charge in [0.1, 0.15) is 5.21 Å². The topological polar surface area (TPSA) is 37.4 Å². The zero-order chi connectivity index (χ0) is 9.78. The standard InChI is InChI=1S/C7H16ClNO2S/c1-4-7(2)5-9(3)12(10,11)6-8/h7H,4-6H2,1-3H3. The van der Waals surface area contributed by atoms with E-state index in [1.807, 2.05) is 13.8 Å². The number of halogens is 1. The van der Waals surface area contributed by atoms with E-state index in [1.165, 1.54) is 4.31 Å². The minimum atomic E-state index is -3.20. The molecule has 0 radical (unpaired) electrons. The van der Waals surface area contributed by atoms with E-state index >= 15 is 0 Å². The van der Waals surface area contributed by atoms with Crippen LogP contribution in [0.15, 0.2) is 0 Å². The van der Waals surface area contributed by atoms with Crippen molar-refractivity contribution in [2.24, 2.45) is 5.92 Å². The van der Waals surface area contributed by atoms with E-state index in [4.69, 9.17) is 11.6 Å². The van der Waals surface area contributed by atoms with Crippen LogP contribution in [0.4, 0.5) is 0 Å². The highest BCUT2D eigenvalue weighted by Crippen LogP contribution is 2.07. The molecule has 0 bridgehead atoms. The molecule has 74 valence electrons. The molecule has 12 heavy (non-hydrogen) atoms. The van der Waals surface area contributed by atoms with Crippen molar-refractivity contribution in [3.8, 4) is 0 Å². The first-order valence-electron chi connectivity index (χ1n) is 3.94. The van der Waals surface area contributed by atoms with Crippen molar-refractivity contribution in [2.75, 3.05) is 18.8 Å². The normalized spacial score (nSPS) is 15.1. The van der Waals surface area contributed by atoms with Gasteiger partial charge in [0.2, 0.25) is 10.0 Å². The Bertz CT molecular complexity index is 215. The van der Waals surface area contributed by atoms with Gasteiger partial charge in [-0.05, 0) is 5.92 Å². The molecule has 0 aliphatic carbocycles. The van der Waals surface area contributed by atoms with Gasteiger partial charge >= 0.3 is 0 Å². The van der Waals surface area contributed by atoms with E-state index in [0.717, 1.165) is 6.42 Å². The average molecular weight is 214 g/mol. The summed E-state index contributed by atoms with van der Waals surface area (Å²) in [6, 6.07) is 0. The van der Waals surface area contributed by atoms with Gasteiger partial charge in [0, 0.05) is 13.6 Å². The Morgan fingerprint density at radius 3 is 2.33 bits per heavy atom. The van der Waals surface area contributed by atoms with Crippen molar-refractivity contribution in [1.82, 2.24) is 4.31 Å². The molecule has 0 aromatic carbocycles. The van der Waals surface area contributed by atoms with Crippen LogP contribution >= 0.6 is 11.6 Å². The third-order valence-corrected chi connectivity index (χ3v) is 4.08. The molecule has 0 fully saturated rings. The van der Waals surface area contributed by atoms with E-state index in [9.17, 15) is 8.42 Å². The van der Waals surface area contributed by atoms with Crippen molar-refractivity contribution in [3.63, 3.8) is 0 Å². The number of hydrogen-bond donors (Lipinski definition) is 0. The van der Waals surface area contributed by atoms with Crippen LogP contribution in [-0.4, -0.2) is 31.5 Å². The Hall–Kier alpha value is 0.200. The maximum absolute atomic E-state index is 11.1. The molecule has 0 rings (SSSR count). The molecule has 0 aromatic heterocycles. The second kappa shape index (κ2) is 5.04. The van der Waals surface area contributed by atoms with Crippen LogP contribution < -0.4 is 0 Å². The summed E-state index contributed by atoms with van der Waals surface area (Å²) in [6.45, 7) is 4.59. The Morgan fingerprint density at radius 2 is 2.00 bits per heavy atom. The minimum Gasteiger partial charge on any atom is -0.211 e. The summed E-state index contributed by atoms with van der Waals surface area (Å²) in [4.78, 5) is 0. The summed E-state index contributed by atoms with van der Waals surface area (Å²) in [7, 11) is -1.65. The predicted octanol–water partition coefficient (Wildman–Crippen LogP) is 1.49. The molecule has 5 heteroatoms. The van der Waals surface area contributed by atoms with Crippen LogP contribution in [0.3, 0.4) is 0 Å². The van der Waals surface area contributed by atoms with Crippen molar-refractivity contribution >= 4 is 21.6 Å².